The minimum absolute atomic E-state index is 0.0972. The van der Waals surface area contributed by atoms with E-state index in [1.165, 1.54) is 12.1 Å². The van der Waals surface area contributed by atoms with Crippen LogP contribution in [-0.4, -0.2) is 36.5 Å². The van der Waals surface area contributed by atoms with Gasteiger partial charge in [-0.05, 0) is 60.0 Å². The second-order valence-corrected chi connectivity index (χ2v) is 8.22. The van der Waals surface area contributed by atoms with Crippen LogP contribution in [0, 0.1) is 5.82 Å². The minimum atomic E-state index is -0.772. The van der Waals surface area contributed by atoms with Crippen LogP contribution in [0.1, 0.15) is 12.0 Å². The molecule has 0 saturated carbocycles. The molecule has 0 radical (unpaired) electrons. The van der Waals surface area contributed by atoms with Crippen molar-refractivity contribution in [2.45, 2.75) is 18.9 Å². The maximum absolute atomic E-state index is 13.5. The third kappa shape index (κ3) is 4.01. The summed E-state index contributed by atoms with van der Waals surface area (Å²) in [5.74, 6) is -0.162. The van der Waals surface area contributed by atoms with Gasteiger partial charge in [0.05, 0.1) is 12.2 Å². The predicted molar refractivity (Wildman–Crippen MR) is 129 cm³/mol. The van der Waals surface area contributed by atoms with Crippen LogP contribution in [0.5, 0.6) is 5.75 Å². The number of likely N-dealkylation sites (N-methyl/N-ethyl adjacent to an activating group) is 1. The van der Waals surface area contributed by atoms with Crippen molar-refractivity contribution in [3.8, 4) is 17.0 Å². The van der Waals surface area contributed by atoms with E-state index in [0.29, 0.717) is 17.9 Å². The Kier molecular flexibility index (Phi) is 5.76. The molecule has 0 aliphatic carbocycles. The molecule has 0 spiro atoms. The quantitative estimate of drug-likeness (QED) is 0.465. The Morgan fingerprint density at radius 3 is 2.59 bits per heavy atom. The van der Waals surface area contributed by atoms with E-state index < -0.39 is 6.10 Å². The molecule has 172 valence electrons. The molecule has 1 aliphatic heterocycles. The number of para-hydroxylation sites is 3. The summed E-state index contributed by atoms with van der Waals surface area (Å²) in [6.45, 7) is 0.147. The van der Waals surface area contributed by atoms with Crippen LogP contribution in [0.25, 0.3) is 22.2 Å². The summed E-state index contributed by atoms with van der Waals surface area (Å²) in [6.07, 6.45) is -0.0448. The van der Waals surface area contributed by atoms with Crippen molar-refractivity contribution in [3.63, 3.8) is 0 Å². The zero-order valence-corrected chi connectivity index (χ0v) is 18.7. The van der Waals surface area contributed by atoms with E-state index in [0.717, 1.165) is 27.7 Å². The summed E-state index contributed by atoms with van der Waals surface area (Å²) in [7, 11) is 1.55. The van der Waals surface area contributed by atoms with E-state index in [4.69, 9.17) is 4.74 Å². The third-order valence-corrected chi connectivity index (χ3v) is 6.15. The minimum Gasteiger partial charge on any atom is -0.477 e. The number of carbonyl (C=O) groups excluding carboxylic acids is 2. The number of benzene rings is 3. The van der Waals surface area contributed by atoms with Gasteiger partial charge in [-0.3, -0.25) is 9.59 Å². The van der Waals surface area contributed by atoms with Crippen LogP contribution >= 0.6 is 0 Å². The first-order chi connectivity index (χ1) is 16.5. The summed E-state index contributed by atoms with van der Waals surface area (Å²) < 4.78 is 19.3. The van der Waals surface area contributed by atoms with Crippen LogP contribution in [0.3, 0.4) is 0 Å². The fourth-order valence-corrected chi connectivity index (χ4v) is 4.46. The van der Waals surface area contributed by atoms with Crippen molar-refractivity contribution in [2.24, 2.45) is 0 Å². The van der Waals surface area contributed by atoms with E-state index in [9.17, 15) is 14.0 Å². The van der Waals surface area contributed by atoms with Gasteiger partial charge in [0.25, 0.3) is 5.91 Å². The zero-order valence-electron chi connectivity index (χ0n) is 18.7. The van der Waals surface area contributed by atoms with Gasteiger partial charge in [0.2, 0.25) is 5.91 Å². The van der Waals surface area contributed by atoms with E-state index in [1.807, 2.05) is 42.5 Å². The Bertz CT molecular complexity index is 1360. The molecule has 1 aromatic heterocycles. The number of anilines is 1. The normalized spacial score (nSPS) is 15.0. The first-order valence-electron chi connectivity index (χ1n) is 11.2. The summed E-state index contributed by atoms with van der Waals surface area (Å²) in [5, 5.41) is 3.62. The van der Waals surface area contributed by atoms with Crippen molar-refractivity contribution in [1.29, 1.82) is 0 Å². The average molecular weight is 458 g/mol. The molecule has 7 heteroatoms. The largest absolute Gasteiger partial charge is 0.477 e. The monoisotopic (exact) mass is 457 g/mol. The number of fused-ring (bicyclic) bond motifs is 2. The molecule has 1 atom stereocenters. The van der Waals surface area contributed by atoms with Crippen molar-refractivity contribution in [3.05, 3.63) is 84.2 Å². The van der Waals surface area contributed by atoms with E-state index >= 15 is 0 Å². The first kappa shape index (κ1) is 21.7. The van der Waals surface area contributed by atoms with Gasteiger partial charge in [0.1, 0.15) is 11.6 Å². The van der Waals surface area contributed by atoms with E-state index in [1.54, 1.807) is 30.1 Å². The summed E-state index contributed by atoms with van der Waals surface area (Å²) in [5.41, 5.74) is 4.35. The Labute approximate surface area is 196 Å². The molecule has 0 saturated heterocycles. The SMILES string of the molecule is CNC(=O)C1CN(C(=O)CCc2c(-c3ccc(F)cc3)[nH]c3ccccc23)c2ccccc2O1. The average Bonchev–Trinajstić information content (AvgIpc) is 3.25. The predicted octanol–water partition coefficient (Wildman–Crippen LogP) is 4.45. The van der Waals surface area contributed by atoms with Crippen LogP contribution < -0.4 is 15.0 Å². The molecular weight excluding hydrogens is 433 g/mol. The molecule has 1 unspecified atom stereocenters. The fourth-order valence-electron chi connectivity index (χ4n) is 4.46. The molecular formula is C27H24FN3O3. The van der Waals surface area contributed by atoms with Crippen molar-refractivity contribution in [1.82, 2.24) is 10.3 Å². The lowest BCUT2D eigenvalue weighted by atomic mass is 10.0. The number of carbonyl (C=O) groups is 2. The number of hydrogen-bond acceptors (Lipinski definition) is 3. The van der Waals surface area contributed by atoms with E-state index in [2.05, 4.69) is 10.3 Å². The zero-order chi connectivity index (χ0) is 23.7. The van der Waals surface area contributed by atoms with Gasteiger partial charge in [-0.25, -0.2) is 4.39 Å². The van der Waals surface area contributed by atoms with Crippen molar-refractivity contribution < 1.29 is 18.7 Å². The Hall–Kier alpha value is -4.13. The second kappa shape index (κ2) is 9.02. The van der Waals surface area contributed by atoms with Crippen LogP contribution in [-0.2, 0) is 16.0 Å². The molecule has 0 fully saturated rings. The lowest BCUT2D eigenvalue weighted by Crippen LogP contribution is -2.50. The number of nitrogens with zero attached hydrogens (tertiary/aromatic N) is 1. The summed E-state index contributed by atoms with van der Waals surface area (Å²) >= 11 is 0. The number of nitrogens with one attached hydrogen (secondary N) is 2. The highest BCUT2D eigenvalue weighted by Gasteiger charge is 2.33. The van der Waals surface area contributed by atoms with Gasteiger partial charge < -0.3 is 19.9 Å². The highest BCUT2D eigenvalue weighted by molar-refractivity contribution is 5.98. The molecule has 1 aliphatic rings. The molecule has 2 N–H and O–H groups in total. The van der Waals surface area contributed by atoms with Gasteiger partial charge in [-0.15, -0.1) is 0 Å². The van der Waals surface area contributed by atoms with Crippen LogP contribution in [0.15, 0.2) is 72.8 Å². The molecule has 3 aromatic carbocycles. The number of ether oxygens (including phenoxy) is 1. The number of aromatic nitrogens is 1. The number of H-pyrrole nitrogens is 1. The summed E-state index contributed by atoms with van der Waals surface area (Å²) in [6, 6.07) is 21.5. The number of aromatic amines is 1. The Morgan fingerprint density at radius 1 is 1.06 bits per heavy atom. The molecule has 6 nitrogen and oxygen atoms in total. The van der Waals surface area contributed by atoms with Crippen molar-refractivity contribution in [2.75, 3.05) is 18.5 Å². The number of hydrogen-bond donors (Lipinski definition) is 2. The molecule has 2 heterocycles. The lowest BCUT2D eigenvalue weighted by Gasteiger charge is -2.34. The molecule has 2 amide bonds. The Morgan fingerprint density at radius 2 is 1.79 bits per heavy atom. The highest BCUT2D eigenvalue weighted by atomic mass is 19.1. The van der Waals surface area contributed by atoms with Gasteiger partial charge >= 0.3 is 0 Å². The topological polar surface area (TPSA) is 74.4 Å². The number of aryl methyl sites for hydroxylation is 1. The highest BCUT2D eigenvalue weighted by Crippen LogP contribution is 2.35. The van der Waals surface area contributed by atoms with Gasteiger partial charge in [0.15, 0.2) is 6.10 Å². The lowest BCUT2D eigenvalue weighted by molar-refractivity contribution is -0.127. The van der Waals surface area contributed by atoms with E-state index in [-0.39, 0.29) is 30.6 Å². The smallest absolute Gasteiger partial charge is 0.262 e. The van der Waals surface area contributed by atoms with Gasteiger partial charge in [-0.1, -0.05) is 30.3 Å². The Balaban J connectivity index is 1.44. The molecule has 5 rings (SSSR count). The maximum atomic E-state index is 13.5. The van der Waals surface area contributed by atoms with Crippen LogP contribution in [0.2, 0.25) is 0 Å². The fraction of sp³-hybridized carbons (Fsp3) is 0.185. The number of amides is 2. The first-order valence-corrected chi connectivity index (χ1v) is 11.2. The standard InChI is InChI=1S/C27H24FN3O3/c1-29-27(33)24-16-31(22-8-4-5-9-23(22)34-24)25(32)15-14-20-19-6-2-3-7-21(19)30-26(20)17-10-12-18(28)13-11-17/h2-13,24,30H,14-16H2,1H3,(H,29,33). The number of halogens is 1. The summed E-state index contributed by atoms with van der Waals surface area (Å²) in [4.78, 5) is 30.7. The third-order valence-electron chi connectivity index (χ3n) is 6.15. The molecule has 0 bridgehead atoms. The molecule has 34 heavy (non-hydrogen) atoms. The van der Waals surface area contributed by atoms with Crippen LogP contribution in [0.4, 0.5) is 10.1 Å². The molecule has 4 aromatic rings. The number of rotatable bonds is 5. The van der Waals surface area contributed by atoms with Gasteiger partial charge in [0, 0.05) is 30.1 Å². The van der Waals surface area contributed by atoms with Gasteiger partial charge in [-0.2, -0.15) is 0 Å². The maximum Gasteiger partial charge on any atom is 0.262 e. The second-order valence-electron chi connectivity index (χ2n) is 8.22. The van der Waals surface area contributed by atoms with Crippen molar-refractivity contribution >= 4 is 28.4 Å².